The summed E-state index contributed by atoms with van der Waals surface area (Å²) in [4.78, 5) is 14.7. The highest BCUT2D eigenvalue weighted by Crippen LogP contribution is 2.33. The normalized spacial score (nSPS) is 23.0. The maximum absolute atomic E-state index is 12.7. The molecule has 0 bridgehead atoms. The molecule has 1 aromatic heterocycles. The van der Waals surface area contributed by atoms with Crippen molar-refractivity contribution in [2.45, 2.75) is 70.6 Å². The number of aromatic nitrogens is 2. The number of piperidine rings is 1. The maximum atomic E-state index is 12.7. The Labute approximate surface area is 178 Å². The molecule has 0 unspecified atom stereocenters. The summed E-state index contributed by atoms with van der Waals surface area (Å²) in [6.45, 7) is 6.24. The van der Waals surface area contributed by atoms with E-state index in [2.05, 4.69) is 34.2 Å². The van der Waals surface area contributed by atoms with Gasteiger partial charge in [0.2, 0.25) is 0 Å². The van der Waals surface area contributed by atoms with Crippen LogP contribution in [0.15, 0.2) is 18.3 Å². The van der Waals surface area contributed by atoms with E-state index in [1.54, 1.807) is 7.11 Å². The van der Waals surface area contributed by atoms with Crippen molar-refractivity contribution in [2.24, 2.45) is 0 Å². The Morgan fingerprint density at radius 1 is 1.17 bits per heavy atom. The van der Waals surface area contributed by atoms with Crippen molar-refractivity contribution in [1.29, 1.82) is 0 Å². The van der Waals surface area contributed by atoms with Crippen LogP contribution in [0, 0.1) is 6.92 Å². The van der Waals surface area contributed by atoms with E-state index in [0.29, 0.717) is 18.8 Å². The number of aryl methyl sites for hydroxylation is 1. The standard InChI is InChI=1S/C23H34N4O3/c1-4-30-22-16(2)5-10-21-20(22)15-24-27(21)18-11-13-26(14-12-18)23(28)25-17-6-8-19(29-3)9-7-17/h5,10,15,17-19H,4,6-9,11-14H2,1-3H3,(H,25,28)/t17-,19-. The quantitative estimate of drug-likeness (QED) is 0.801. The molecule has 4 rings (SSSR count). The van der Waals surface area contributed by atoms with Gasteiger partial charge in [-0.3, -0.25) is 4.68 Å². The van der Waals surface area contributed by atoms with Gasteiger partial charge in [-0.2, -0.15) is 5.10 Å². The summed E-state index contributed by atoms with van der Waals surface area (Å²) in [5.41, 5.74) is 2.25. The van der Waals surface area contributed by atoms with Gasteiger partial charge in [-0.25, -0.2) is 4.79 Å². The lowest BCUT2D eigenvalue weighted by molar-refractivity contribution is 0.0624. The molecule has 1 aliphatic heterocycles. The highest BCUT2D eigenvalue weighted by molar-refractivity contribution is 5.86. The molecule has 30 heavy (non-hydrogen) atoms. The SMILES string of the molecule is CCOc1c(C)ccc2c1cnn2C1CCN(C(=O)N[C@H]2CC[C@H](OC)CC2)CC1. The number of benzene rings is 1. The van der Waals surface area contributed by atoms with Gasteiger partial charge in [0.1, 0.15) is 5.75 Å². The topological polar surface area (TPSA) is 68.6 Å². The van der Waals surface area contributed by atoms with Crippen LogP contribution in [0.4, 0.5) is 4.79 Å². The number of likely N-dealkylation sites (tertiary alicyclic amines) is 1. The van der Waals surface area contributed by atoms with E-state index in [0.717, 1.165) is 73.8 Å². The molecule has 2 heterocycles. The number of carbonyl (C=O) groups excluding carboxylic acids is 1. The number of methoxy groups -OCH3 is 1. The summed E-state index contributed by atoms with van der Waals surface area (Å²) in [5, 5.41) is 8.99. The van der Waals surface area contributed by atoms with Crippen LogP contribution in [0.3, 0.4) is 0 Å². The third-order valence-corrected chi connectivity index (χ3v) is 6.65. The zero-order valence-corrected chi connectivity index (χ0v) is 18.4. The largest absolute Gasteiger partial charge is 0.493 e. The molecule has 0 radical (unpaired) electrons. The summed E-state index contributed by atoms with van der Waals surface area (Å²) >= 11 is 0. The molecule has 2 aliphatic rings. The predicted molar refractivity (Wildman–Crippen MR) is 117 cm³/mol. The molecule has 2 aromatic rings. The first kappa shape index (κ1) is 21.0. The van der Waals surface area contributed by atoms with Crippen molar-refractivity contribution in [3.8, 4) is 5.75 Å². The van der Waals surface area contributed by atoms with Crippen molar-refractivity contribution in [2.75, 3.05) is 26.8 Å². The van der Waals surface area contributed by atoms with Gasteiger partial charge in [-0.1, -0.05) is 6.07 Å². The van der Waals surface area contributed by atoms with Gasteiger partial charge in [-0.05, 0) is 64.0 Å². The molecule has 1 aliphatic carbocycles. The highest BCUT2D eigenvalue weighted by Gasteiger charge is 2.28. The molecule has 1 saturated heterocycles. The van der Waals surface area contributed by atoms with E-state index in [9.17, 15) is 4.79 Å². The number of nitrogens with zero attached hydrogens (tertiary/aromatic N) is 3. The minimum atomic E-state index is 0.0777. The van der Waals surface area contributed by atoms with Crippen LogP contribution in [0.5, 0.6) is 5.75 Å². The minimum absolute atomic E-state index is 0.0777. The third kappa shape index (κ3) is 4.26. The van der Waals surface area contributed by atoms with Gasteiger partial charge in [0.25, 0.3) is 0 Å². The molecule has 2 amide bonds. The van der Waals surface area contributed by atoms with E-state index in [-0.39, 0.29) is 12.1 Å². The summed E-state index contributed by atoms with van der Waals surface area (Å²) in [6, 6.07) is 4.90. The van der Waals surface area contributed by atoms with Crippen LogP contribution >= 0.6 is 0 Å². The molecule has 164 valence electrons. The molecule has 2 fully saturated rings. The van der Waals surface area contributed by atoms with Crippen molar-refractivity contribution < 1.29 is 14.3 Å². The summed E-state index contributed by atoms with van der Waals surface area (Å²) in [6.07, 6.45) is 8.16. The summed E-state index contributed by atoms with van der Waals surface area (Å²) in [5.74, 6) is 0.932. The van der Waals surface area contributed by atoms with Gasteiger partial charge in [-0.15, -0.1) is 0 Å². The van der Waals surface area contributed by atoms with Crippen LogP contribution in [-0.4, -0.2) is 59.7 Å². The number of nitrogens with one attached hydrogen (secondary N) is 1. The van der Waals surface area contributed by atoms with E-state index < -0.39 is 0 Å². The molecule has 7 nitrogen and oxygen atoms in total. The molecule has 1 aromatic carbocycles. The maximum Gasteiger partial charge on any atom is 0.317 e. The van der Waals surface area contributed by atoms with Gasteiger partial charge in [0.15, 0.2) is 0 Å². The number of carbonyl (C=O) groups is 1. The first-order valence-corrected chi connectivity index (χ1v) is 11.3. The lowest BCUT2D eigenvalue weighted by Crippen LogP contribution is -2.49. The zero-order chi connectivity index (χ0) is 21.1. The van der Waals surface area contributed by atoms with Crippen molar-refractivity contribution in [3.63, 3.8) is 0 Å². The molecule has 1 N–H and O–H groups in total. The number of amides is 2. The molecule has 0 atom stereocenters. The predicted octanol–water partition coefficient (Wildman–Crippen LogP) is 4.05. The fourth-order valence-electron chi connectivity index (χ4n) is 4.85. The number of urea groups is 1. The second-order valence-electron chi connectivity index (χ2n) is 8.54. The number of hydrogen-bond acceptors (Lipinski definition) is 4. The Morgan fingerprint density at radius 2 is 1.90 bits per heavy atom. The monoisotopic (exact) mass is 414 g/mol. The van der Waals surface area contributed by atoms with Crippen LogP contribution < -0.4 is 10.1 Å². The number of ether oxygens (including phenoxy) is 2. The number of rotatable bonds is 5. The first-order chi connectivity index (χ1) is 14.6. The second kappa shape index (κ2) is 9.25. The van der Waals surface area contributed by atoms with Gasteiger partial charge in [0, 0.05) is 26.2 Å². The Morgan fingerprint density at radius 3 is 2.57 bits per heavy atom. The van der Waals surface area contributed by atoms with Crippen molar-refractivity contribution in [1.82, 2.24) is 20.0 Å². The van der Waals surface area contributed by atoms with Crippen LogP contribution in [0.25, 0.3) is 10.9 Å². The van der Waals surface area contributed by atoms with Gasteiger partial charge in [0.05, 0.1) is 35.9 Å². The lowest BCUT2D eigenvalue weighted by atomic mass is 9.93. The lowest BCUT2D eigenvalue weighted by Gasteiger charge is -2.35. The van der Waals surface area contributed by atoms with E-state index in [4.69, 9.17) is 9.47 Å². The summed E-state index contributed by atoms with van der Waals surface area (Å²) in [7, 11) is 1.77. The molecule has 7 heteroatoms. The minimum Gasteiger partial charge on any atom is -0.493 e. The Balaban J connectivity index is 1.36. The van der Waals surface area contributed by atoms with Crippen LogP contribution in [0.1, 0.15) is 57.1 Å². The number of fused-ring (bicyclic) bond motifs is 1. The first-order valence-electron chi connectivity index (χ1n) is 11.3. The van der Waals surface area contributed by atoms with Crippen molar-refractivity contribution in [3.05, 3.63) is 23.9 Å². The van der Waals surface area contributed by atoms with Crippen molar-refractivity contribution >= 4 is 16.9 Å². The molecular weight excluding hydrogens is 380 g/mol. The van der Waals surface area contributed by atoms with Crippen LogP contribution in [0.2, 0.25) is 0 Å². The van der Waals surface area contributed by atoms with E-state index in [1.165, 1.54) is 0 Å². The second-order valence-corrected chi connectivity index (χ2v) is 8.54. The van der Waals surface area contributed by atoms with Gasteiger partial charge < -0.3 is 19.7 Å². The Kier molecular flexibility index (Phi) is 6.46. The average molecular weight is 415 g/mol. The Hall–Kier alpha value is -2.28. The number of hydrogen-bond donors (Lipinski definition) is 1. The van der Waals surface area contributed by atoms with E-state index in [1.807, 2.05) is 18.0 Å². The fraction of sp³-hybridized carbons (Fsp3) is 0.652. The molecular formula is C23H34N4O3. The molecule has 0 spiro atoms. The smallest absolute Gasteiger partial charge is 0.317 e. The van der Waals surface area contributed by atoms with Crippen LogP contribution in [-0.2, 0) is 4.74 Å². The average Bonchev–Trinajstić information content (AvgIpc) is 3.20. The fourth-order valence-corrected chi connectivity index (χ4v) is 4.85. The molecule has 1 saturated carbocycles. The van der Waals surface area contributed by atoms with Gasteiger partial charge >= 0.3 is 6.03 Å². The zero-order valence-electron chi connectivity index (χ0n) is 18.4. The third-order valence-electron chi connectivity index (χ3n) is 6.65. The summed E-state index contributed by atoms with van der Waals surface area (Å²) < 4.78 is 13.4. The van der Waals surface area contributed by atoms with E-state index >= 15 is 0 Å². The highest BCUT2D eigenvalue weighted by atomic mass is 16.5. The Bertz CT molecular complexity index is 865.